The summed E-state index contributed by atoms with van der Waals surface area (Å²) in [4.78, 5) is 11.2. The number of carbonyl (C=O) groups is 1. The second kappa shape index (κ2) is 13.4. The van der Waals surface area contributed by atoms with Crippen LogP contribution in [-0.2, 0) is 11.2 Å². The summed E-state index contributed by atoms with van der Waals surface area (Å²) in [5, 5.41) is 3.60. The van der Waals surface area contributed by atoms with Crippen LogP contribution in [0, 0.1) is 17.3 Å². The van der Waals surface area contributed by atoms with Crippen LogP contribution in [0.25, 0.3) is 0 Å². The molecule has 1 aromatic carbocycles. The van der Waals surface area contributed by atoms with Gasteiger partial charge in [-0.05, 0) is 87.6 Å². The molecule has 0 radical (unpaired) electrons. The smallest absolute Gasteiger partial charge is 0.123 e. The van der Waals surface area contributed by atoms with Crippen molar-refractivity contribution in [2.45, 2.75) is 59.8 Å². The minimum absolute atomic E-state index is 0.0900. The van der Waals surface area contributed by atoms with Crippen molar-refractivity contribution in [1.29, 1.82) is 0 Å². The van der Waals surface area contributed by atoms with Gasteiger partial charge in [0, 0.05) is 12.5 Å². The van der Waals surface area contributed by atoms with Crippen molar-refractivity contribution in [1.82, 2.24) is 5.32 Å². The van der Waals surface area contributed by atoms with E-state index in [0.29, 0.717) is 31.5 Å². The molecule has 0 heterocycles. The minimum Gasteiger partial charge on any atom is -0.494 e. The van der Waals surface area contributed by atoms with Crippen LogP contribution in [-0.4, -0.2) is 32.6 Å². The molecule has 0 spiro atoms. The van der Waals surface area contributed by atoms with Gasteiger partial charge in [-0.2, -0.15) is 0 Å². The molecule has 2 unspecified atom stereocenters. The van der Waals surface area contributed by atoms with Gasteiger partial charge in [-0.3, -0.25) is 0 Å². The van der Waals surface area contributed by atoms with Gasteiger partial charge >= 0.3 is 0 Å². The molecule has 0 saturated heterocycles. The van der Waals surface area contributed by atoms with Crippen molar-refractivity contribution in [3.05, 3.63) is 48.1 Å². The lowest BCUT2D eigenvalue weighted by molar-refractivity contribution is -0.109. The first kappa shape index (κ1) is 25.2. The zero-order valence-corrected chi connectivity index (χ0v) is 19.9. The number of aldehydes is 1. The van der Waals surface area contributed by atoms with E-state index >= 15 is 0 Å². The first-order valence-corrected chi connectivity index (χ1v) is 12.0. The van der Waals surface area contributed by atoms with Crippen LogP contribution in [0.5, 0.6) is 11.5 Å². The molecule has 0 bridgehead atoms. The Labute approximate surface area is 189 Å². The zero-order chi connectivity index (χ0) is 22.5. The van der Waals surface area contributed by atoms with E-state index in [1.165, 1.54) is 5.56 Å². The molecule has 4 heteroatoms. The first-order valence-electron chi connectivity index (χ1n) is 12.0. The molecule has 1 aromatic rings. The maximum atomic E-state index is 11.2. The van der Waals surface area contributed by atoms with Crippen molar-refractivity contribution in [3.8, 4) is 11.5 Å². The molecule has 31 heavy (non-hydrogen) atoms. The number of allylic oxidation sites excluding steroid dienone is 4. The standard InChI is InChI=1S/C27H41NO3/c1-5-30-25-19-23(20-26(21-25)31-6-2)11-9-16-28-17-10-15-27(22(3)4)14-8-7-12-24(27)13-18-29/h7-8,12,14,18-22,24,28H,5-6,9-11,13,15-17H2,1-4H3. The van der Waals surface area contributed by atoms with Crippen LogP contribution in [0.15, 0.2) is 42.5 Å². The van der Waals surface area contributed by atoms with Gasteiger partial charge in [0.1, 0.15) is 17.8 Å². The summed E-state index contributed by atoms with van der Waals surface area (Å²) < 4.78 is 11.4. The van der Waals surface area contributed by atoms with E-state index in [1.54, 1.807) is 0 Å². The first-order chi connectivity index (χ1) is 15.1. The number of hydrogen-bond donors (Lipinski definition) is 1. The average Bonchev–Trinajstić information content (AvgIpc) is 2.74. The number of aryl methyl sites for hydroxylation is 1. The normalized spacial score (nSPS) is 20.2. The third kappa shape index (κ3) is 7.53. The quantitative estimate of drug-likeness (QED) is 0.285. The van der Waals surface area contributed by atoms with E-state index in [9.17, 15) is 4.79 Å². The van der Waals surface area contributed by atoms with Gasteiger partial charge in [-0.25, -0.2) is 0 Å². The summed E-state index contributed by atoms with van der Waals surface area (Å²) >= 11 is 0. The SMILES string of the molecule is CCOc1cc(CCCNCCCC2(C(C)C)C=CC=CC2CC=O)cc(OCC)c1. The van der Waals surface area contributed by atoms with Crippen molar-refractivity contribution >= 4 is 6.29 Å². The Balaban J connectivity index is 1.77. The van der Waals surface area contributed by atoms with Gasteiger partial charge in [0.2, 0.25) is 0 Å². The number of benzene rings is 1. The van der Waals surface area contributed by atoms with E-state index in [0.717, 1.165) is 56.6 Å². The van der Waals surface area contributed by atoms with E-state index in [1.807, 2.05) is 19.9 Å². The Hall–Kier alpha value is -2.07. The highest BCUT2D eigenvalue weighted by Gasteiger charge is 2.38. The van der Waals surface area contributed by atoms with E-state index in [2.05, 4.69) is 55.6 Å². The van der Waals surface area contributed by atoms with Crippen molar-refractivity contribution in [2.75, 3.05) is 26.3 Å². The maximum Gasteiger partial charge on any atom is 0.123 e. The lowest BCUT2D eigenvalue weighted by atomic mass is 9.62. The molecule has 172 valence electrons. The Bertz CT molecular complexity index is 701. The van der Waals surface area contributed by atoms with Crippen LogP contribution in [0.3, 0.4) is 0 Å². The molecule has 0 aliphatic heterocycles. The molecule has 2 atom stereocenters. The third-order valence-corrected chi connectivity index (χ3v) is 6.32. The minimum atomic E-state index is 0.0900. The van der Waals surface area contributed by atoms with Gasteiger partial charge in [-0.15, -0.1) is 0 Å². The fraction of sp³-hybridized carbons (Fsp3) is 0.593. The molecule has 0 fully saturated rings. The second-order valence-electron chi connectivity index (χ2n) is 8.66. The Morgan fingerprint density at radius 1 is 1.03 bits per heavy atom. The van der Waals surface area contributed by atoms with Gasteiger partial charge < -0.3 is 19.6 Å². The number of ether oxygens (including phenoxy) is 2. The van der Waals surface area contributed by atoms with Crippen molar-refractivity contribution in [2.24, 2.45) is 17.3 Å². The van der Waals surface area contributed by atoms with Gasteiger partial charge in [-0.1, -0.05) is 38.2 Å². The van der Waals surface area contributed by atoms with Gasteiger partial charge in [0.15, 0.2) is 0 Å². The number of carbonyl (C=O) groups excluding carboxylic acids is 1. The molecule has 4 nitrogen and oxygen atoms in total. The Morgan fingerprint density at radius 3 is 2.32 bits per heavy atom. The summed E-state index contributed by atoms with van der Waals surface area (Å²) in [6, 6.07) is 6.20. The highest BCUT2D eigenvalue weighted by molar-refractivity contribution is 5.51. The van der Waals surface area contributed by atoms with E-state index in [4.69, 9.17) is 9.47 Å². The summed E-state index contributed by atoms with van der Waals surface area (Å²) in [6.45, 7) is 11.9. The molecule has 0 amide bonds. The number of rotatable bonds is 15. The topological polar surface area (TPSA) is 47.6 Å². The van der Waals surface area contributed by atoms with Crippen LogP contribution >= 0.6 is 0 Å². The van der Waals surface area contributed by atoms with Crippen LogP contribution < -0.4 is 14.8 Å². The Morgan fingerprint density at radius 2 is 1.71 bits per heavy atom. The largest absolute Gasteiger partial charge is 0.494 e. The predicted octanol–water partition coefficient (Wildman–Crippen LogP) is 5.76. The van der Waals surface area contributed by atoms with Gasteiger partial charge in [0.25, 0.3) is 0 Å². The van der Waals surface area contributed by atoms with Crippen LogP contribution in [0.4, 0.5) is 0 Å². The number of nitrogens with one attached hydrogen (secondary N) is 1. The van der Waals surface area contributed by atoms with Crippen molar-refractivity contribution < 1.29 is 14.3 Å². The van der Waals surface area contributed by atoms with Crippen LogP contribution in [0.1, 0.15) is 58.9 Å². The van der Waals surface area contributed by atoms with E-state index in [-0.39, 0.29) is 5.41 Å². The van der Waals surface area contributed by atoms with Gasteiger partial charge in [0.05, 0.1) is 13.2 Å². The maximum absolute atomic E-state index is 11.2. The van der Waals surface area contributed by atoms with Crippen molar-refractivity contribution in [3.63, 3.8) is 0 Å². The zero-order valence-electron chi connectivity index (χ0n) is 19.9. The fourth-order valence-corrected chi connectivity index (χ4v) is 4.65. The summed E-state index contributed by atoms with van der Waals surface area (Å²) in [6.07, 6.45) is 14.8. The summed E-state index contributed by atoms with van der Waals surface area (Å²) in [7, 11) is 0. The molecule has 1 aliphatic rings. The molecule has 2 rings (SSSR count). The fourth-order valence-electron chi connectivity index (χ4n) is 4.65. The summed E-state index contributed by atoms with van der Waals surface area (Å²) in [5.41, 5.74) is 1.35. The predicted molar refractivity (Wildman–Crippen MR) is 129 cm³/mol. The molecule has 0 aromatic heterocycles. The molecular weight excluding hydrogens is 386 g/mol. The summed E-state index contributed by atoms with van der Waals surface area (Å²) in [5.74, 6) is 2.59. The molecule has 1 aliphatic carbocycles. The highest BCUT2D eigenvalue weighted by Crippen LogP contribution is 2.45. The number of hydrogen-bond acceptors (Lipinski definition) is 4. The second-order valence-corrected chi connectivity index (χ2v) is 8.66. The van der Waals surface area contributed by atoms with E-state index < -0.39 is 0 Å². The molecule has 1 N–H and O–H groups in total. The third-order valence-electron chi connectivity index (χ3n) is 6.32. The molecular formula is C27H41NO3. The highest BCUT2D eigenvalue weighted by atomic mass is 16.5. The lowest BCUT2D eigenvalue weighted by Gasteiger charge is -2.42. The molecule has 0 saturated carbocycles. The lowest BCUT2D eigenvalue weighted by Crippen LogP contribution is -2.35. The van der Waals surface area contributed by atoms with Crippen LogP contribution in [0.2, 0.25) is 0 Å². The monoisotopic (exact) mass is 427 g/mol. The Kier molecular flexibility index (Phi) is 10.9. The average molecular weight is 428 g/mol.